The lowest BCUT2D eigenvalue weighted by atomic mass is 10.2. The SMILES string of the molecule is CCN1CCN(CCNC(=NC)NC2CCN(c3cccc(Cl)c3)C2)CC1. The molecule has 0 aromatic heterocycles. The van der Waals surface area contributed by atoms with Crippen molar-refractivity contribution in [2.24, 2.45) is 4.99 Å². The monoisotopic (exact) mass is 392 g/mol. The highest BCUT2D eigenvalue weighted by molar-refractivity contribution is 6.30. The minimum atomic E-state index is 0.406. The van der Waals surface area contributed by atoms with Crippen LogP contribution in [-0.2, 0) is 0 Å². The zero-order valence-electron chi connectivity index (χ0n) is 16.6. The summed E-state index contributed by atoms with van der Waals surface area (Å²) < 4.78 is 0. The van der Waals surface area contributed by atoms with Crippen LogP contribution in [-0.4, -0.2) is 87.8 Å². The maximum atomic E-state index is 6.13. The first-order chi connectivity index (χ1) is 13.2. The molecule has 2 aliphatic heterocycles. The van der Waals surface area contributed by atoms with Crippen LogP contribution in [0.1, 0.15) is 13.3 Å². The van der Waals surface area contributed by atoms with Crippen LogP contribution in [0, 0.1) is 0 Å². The van der Waals surface area contributed by atoms with Crippen molar-refractivity contribution in [1.29, 1.82) is 0 Å². The Balaban J connectivity index is 1.38. The largest absolute Gasteiger partial charge is 0.369 e. The molecule has 6 nitrogen and oxygen atoms in total. The van der Waals surface area contributed by atoms with E-state index < -0.39 is 0 Å². The number of halogens is 1. The van der Waals surface area contributed by atoms with Crippen LogP contribution in [0.2, 0.25) is 5.02 Å². The highest BCUT2D eigenvalue weighted by Gasteiger charge is 2.23. The van der Waals surface area contributed by atoms with Gasteiger partial charge in [0.15, 0.2) is 5.96 Å². The number of likely N-dealkylation sites (N-methyl/N-ethyl adjacent to an activating group) is 1. The number of benzene rings is 1. The third-order valence-electron chi connectivity index (χ3n) is 5.56. The summed E-state index contributed by atoms with van der Waals surface area (Å²) in [6.45, 7) is 12.1. The van der Waals surface area contributed by atoms with E-state index >= 15 is 0 Å². The van der Waals surface area contributed by atoms with Gasteiger partial charge in [0.25, 0.3) is 0 Å². The molecule has 1 aromatic rings. The van der Waals surface area contributed by atoms with E-state index in [4.69, 9.17) is 11.6 Å². The molecule has 0 bridgehead atoms. The van der Waals surface area contributed by atoms with E-state index in [2.05, 4.69) is 43.3 Å². The number of hydrogen-bond donors (Lipinski definition) is 2. The van der Waals surface area contributed by atoms with Crippen LogP contribution in [0.3, 0.4) is 0 Å². The van der Waals surface area contributed by atoms with Crippen molar-refractivity contribution in [1.82, 2.24) is 20.4 Å². The Morgan fingerprint density at radius 1 is 1.19 bits per heavy atom. The molecule has 0 spiro atoms. The molecular weight excluding hydrogens is 360 g/mol. The van der Waals surface area contributed by atoms with Gasteiger partial charge in [-0.3, -0.25) is 9.89 Å². The Hall–Kier alpha value is -1.50. The Morgan fingerprint density at radius 3 is 2.67 bits per heavy atom. The molecule has 2 fully saturated rings. The van der Waals surface area contributed by atoms with Gasteiger partial charge in [0, 0.05) is 76.2 Å². The molecule has 2 saturated heterocycles. The number of nitrogens with zero attached hydrogens (tertiary/aromatic N) is 4. The number of piperazine rings is 1. The van der Waals surface area contributed by atoms with Crippen LogP contribution in [0.15, 0.2) is 29.3 Å². The number of nitrogens with one attached hydrogen (secondary N) is 2. The highest BCUT2D eigenvalue weighted by atomic mass is 35.5. The molecule has 0 radical (unpaired) electrons. The quantitative estimate of drug-likeness (QED) is 0.570. The highest BCUT2D eigenvalue weighted by Crippen LogP contribution is 2.23. The average molecular weight is 393 g/mol. The van der Waals surface area contributed by atoms with Gasteiger partial charge in [-0.05, 0) is 31.2 Å². The number of rotatable bonds is 6. The molecule has 2 aliphatic rings. The fourth-order valence-corrected chi connectivity index (χ4v) is 4.02. The minimum Gasteiger partial charge on any atom is -0.369 e. The summed E-state index contributed by atoms with van der Waals surface area (Å²) in [4.78, 5) is 11.8. The van der Waals surface area contributed by atoms with Gasteiger partial charge < -0.3 is 20.4 Å². The summed E-state index contributed by atoms with van der Waals surface area (Å²) in [5.74, 6) is 0.903. The van der Waals surface area contributed by atoms with E-state index in [-0.39, 0.29) is 0 Å². The molecule has 7 heteroatoms. The van der Waals surface area contributed by atoms with Crippen LogP contribution >= 0.6 is 11.6 Å². The summed E-state index contributed by atoms with van der Waals surface area (Å²) in [5.41, 5.74) is 1.20. The van der Waals surface area contributed by atoms with Gasteiger partial charge in [0.05, 0.1) is 0 Å². The lowest BCUT2D eigenvalue weighted by Crippen LogP contribution is -2.50. The topological polar surface area (TPSA) is 46.1 Å². The van der Waals surface area contributed by atoms with Gasteiger partial charge in [-0.1, -0.05) is 24.6 Å². The second kappa shape index (κ2) is 10.2. The maximum Gasteiger partial charge on any atom is 0.191 e. The normalized spacial score (nSPS) is 22.3. The molecule has 3 rings (SSSR count). The maximum absolute atomic E-state index is 6.13. The number of aliphatic imine (C=N–C) groups is 1. The van der Waals surface area contributed by atoms with Crippen LogP contribution in [0.4, 0.5) is 5.69 Å². The van der Waals surface area contributed by atoms with E-state index in [0.717, 1.165) is 50.1 Å². The van der Waals surface area contributed by atoms with E-state index in [1.807, 2.05) is 25.2 Å². The first-order valence-electron chi connectivity index (χ1n) is 10.1. The van der Waals surface area contributed by atoms with Crippen molar-refractivity contribution < 1.29 is 0 Å². The molecule has 0 aliphatic carbocycles. The fraction of sp³-hybridized carbons (Fsp3) is 0.650. The van der Waals surface area contributed by atoms with Crippen LogP contribution < -0.4 is 15.5 Å². The Labute approximate surface area is 168 Å². The van der Waals surface area contributed by atoms with Crippen molar-refractivity contribution in [3.8, 4) is 0 Å². The third-order valence-corrected chi connectivity index (χ3v) is 5.79. The molecule has 27 heavy (non-hydrogen) atoms. The molecule has 0 saturated carbocycles. The number of hydrogen-bond acceptors (Lipinski definition) is 4. The smallest absolute Gasteiger partial charge is 0.191 e. The van der Waals surface area contributed by atoms with Gasteiger partial charge in [0.1, 0.15) is 0 Å². The summed E-state index contributed by atoms with van der Waals surface area (Å²) in [6, 6.07) is 8.50. The van der Waals surface area contributed by atoms with Gasteiger partial charge in [-0.25, -0.2) is 0 Å². The van der Waals surface area contributed by atoms with E-state index in [1.165, 1.54) is 31.9 Å². The van der Waals surface area contributed by atoms with Crippen LogP contribution in [0.25, 0.3) is 0 Å². The fourth-order valence-electron chi connectivity index (χ4n) is 3.83. The van der Waals surface area contributed by atoms with E-state index in [9.17, 15) is 0 Å². The third kappa shape index (κ3) is 5.99. The molecule has 1 aromatic carbocycles. The Morgan fingerprint density at radius 2 is 1.96 bits per heavy atom. The predicted molar refractivity (Wildman–Crippen MR) is 115 cm³/mol. The molecule has 2 heterocycles. The lowest BCUT2D eigenvalue weighted by molar-refractivity contribution is 0.139. The predicted octanol–water partition coefficient (Wildman–Crippen LogP) is 1.72. The van der Waals surface area contributed by atoms with Gasteiger partial charge in [0.2, 0.25) is 0 Å². The molecule has 1 unspecified atom stereocenters. The van der Waals surface area contributed by atoms with Gasteiger partial charge in [-0.15, -0.1) is 0 Å². The molecule has 1 atom stereocenters. The first kappa shape index (κ1) is 20.2. The average Bonchev–Trinajstić information content (AvgIpc) is 3.16. The molecule has 2 N–H and O–H groups in total. The minimum absolute atomic E-state index is 0.406. The first-order valence-corrected chi connectivity index (χ1v) is 10.5. The summed E-state index contributed by atoms with van der Waals surface area (Å²) >= 11 is 6.13. The number of guanidine groups is 1. The van der Waals surface area contributed by atoms with Crippen molar-refractivity contribution in [3.05, 3.63) is 29.3 Å². The Kier molecular flexibility index (Phi) is 7.61. The zero-order chi connectivity index (χ0) is 19.1. The Bertz CT molecular complexity index is 614. The van der Waals surface area contributed by atoms with Gasteiger partial charge >= 0.3 is 0 Å². The standard InChI is InChI=1S/C20H33ClN6/c1-3-25-11-13-26(14-12-25)10-8-23-20(22-2)24-18-7-9-27(16-18)19-6-4-5-17(21)15-19/h4-6,15,18H,3,7-14,16H2,1-2H3,(H2,22,23,24). The molecule has 150 valence electrons. The summed E-state index contributed by atoms with van der Waals surface area (Å²) in [5, 5.41) is 7.84. The van der Waals surface area contributed by atoms with Crippen molar-refractivity contribution in [3.63, 3.8) is 0 Å². The van der Waals surface area contributed by atoms with Gasteiger partial charge in [-0.2, -0.15) is 0 Å². The molecule has 0 amide bonds. The van der Waals surface area contributed by atoms with Crippen LogP contribution in [0.5, 0.6) is 0 Å². The second-order valence-corrected chi connectivity index (χ2v) is 7.77. The van der Waals surface area contributed by atoms with E-state index in [1.54, 1.807) is 0 Å². The van der Waals surface area contributed by atoms with E-state index in [0.29, 0.717) is 6.04 Å². The second-order valence-electron chi connectivity index (χ2n) is 7.33. The van der Waals surface area contributed by atoms with Crippen molar-refractivity contribution >= 4 is 23.2 Å². The summed E-state index contributed by atoms with van der Waals surface area (Å²) in [6.07, 6.45) is 1.10. The van der Waals surface area contributed by atoms with Crippen molar-refractivity contribution in [2.45, 2.75) is 19.4 Å². The zero-order valence-corrected chi connectivity index (χ0v) is 17.4. The van der Waals surface area contributed by atoms with Crippen molar-refractivity contribution in [2.75, 3.05) is 70.9 Å². The lowest BCUT2D eigenvalue weighted by Gasteiger charge is -2.34. The molecular formula is C20H33ClN6. The number of anilines is 1. The summed E-state index contributed by atoms with van der Waals surface area (Å²) in [7, 11) is 1.85.